The Balaban J connectivity index is 0.000000647. The zero-order chi connectivity index (χ0) is 85.5. The van der Waals surface area contributed by atoms with Gasteiger partial charge in [-0.1, -0.05) is 51.1 Å². The van der Waals surface area contributed by atoms with E-state index < -0.39 is 7.05 Å². The summed E-state index contributed by atoms with van der Waals surface area (Å²) in [7, 11) is -0.415. The largest absolute Gasteiger partial charge is 0.437 e. The van der Waals surface area contributed by atoms with Crippen LogP contribution in [-0.2, 0) is 59.4 Å². The van der Waals surface area contributed by atoms with Crippen LogP contribution >= 0.6 is 155 Å². The molecule has 0 aliphatic rings. The van der Waals surface area contributed by atoms with Crippen LogP contribution in [0.25, 0.3) is 0 Å². The topological polar surface area (TPSA) is 280 Å². The number of rotatable bonds is 35. The zero-order valence-corrected chi connectivity index (χ0v) is 80.1. The Hall–Kier alpha value is -4.23. The second-order valence-electron chi connectivity index (χ2n) is 24.4. The molecule has 10 N–H and O–H groups in total. The molecule has 0 spiro atoms. The predicted octanol–water partition coefficient (Wildman–Crippen LogP) is 19.8. The molecule has 10 aromatic heterocycles. The van der Waals surface area contributed by atoms with Crippen molar-refractivity contribution in [2.24, 2.45) is 17.2 Å². The van der Waals surface area contributed by atoms with Crippen molar-refractivity contribution in [1.29, 1.82) is 0 Å². The van der Waals surface area contributed by atoms with Gasteiger partial charge >= 0.3 is 7.05 Å². The fraction of sp³-hybridized carbons (Fsp3) is 0.412. The van der Waals surface area contributed by atoms with Gasteiger partial charge < -0.3 is 37.7 Å². The molecule has 0 radical (unpaired) electrons. The van der Waals surface area contributed by atoms with Gasteiger partial charge in [0.25, 0.3) is 0 Å². The maximum absolute atomic E-state index is 8.98. The lowest BCUT2D eigenvalue weighted by molar-refractivity contribution is 0.273. The van der Waals surface area contributed by atoms with E-state index in [2.05, 4.69) is 177 Å². The van der Waals surface area contributed by atoms with Crippen molar-refractivity contribution < 1.29 is 15.2 Å². The fourth-order valence-electron chi connectivity index (χ4n) is 8.62. The van der Waals surface area contributed by atoms with Crippen LogP contribution in [0, 0.1) is 34.6 Å². The van der Waals surface area contributed by atoms with E-state index in [9.17, 15) is 0 Å². The van der Waals surface area contributed by atoms with Crippen LogP contribution in [0.4, 0.5) is 0 Å². The molecule has 0 saturated heterocycles. The molecular weight excluding hydrogens is 1700 g/mol. The first-order valence-electron chi connectivity index (χ1n) is 38.1. The number of thioether (sulfide) groups is 9. The van der Waals surface area contributed by atoms with Crippen LogP contribution in [0.2, 0.25) is 6.82 Å². The summed E-state index contributed by atoms with van der Waals surface area (Å²) in [6.45, 7) is 21.6. The SMILES string of the molecule is CB(O)NCCSCc1ncccc1C.CCCSCc1ncccc1C.CCCSCc1ncccc1S.CCCSCc1ncccc1SC.CSc1cccnc1CSCCN.Cc1cccnc1CCl.Cc1cccnc1CO.Cc1cccnc1CSCCN.NCCSCc1ncccc1S.OCc1ncccc1S. The van der Waals surface area contributed by atoms with Gasteiger partial charge in [-0.05, 0) is 216 Å². The van der Waals surface area contributed by atoms with E-state index in [1.54, 1.807) is 79.0 Å². The molecule has 0 aromatic carbocycles. The number of thiol groups is 3. The molecule has 10 aromatic rings. The molecule has 0 fully saturated rings. The van der Waals surface area contributed by atoms with Crippen molar-refractivity contribution in [2.45, 2.75) is 165 Å². The lowest BCUT2D eigenvalue weighted by atomic mass is 9.89. The molecular formula is C85H124BClN14O3S12. The maximum Gasteiger partial charge on any atom is 0.373 e. The van der Waals surface area contributed by atoms with Gasteiger partial charge in [0.2, 0.25) is 0 Å². The lowest BCUT2D eigenvalue weighted by Gasteiger charge is -2.05. The zero-order valence-electron chi connectivity index (χ0n) is 69.3. The van der Waals surface area contributed by atoms with E-state index in [1.807, 2.05) is 200 Å². The van der Waals surface area contributed by atoms with Crippen LogP contribution in [0.5, 0.6) is 0 Å². The average molecular weight is 1820 g/mol. The molecule has 0 atom stereocenters. The Bertz CT molecular complexity index is 3690. The number of aromatic nitrogens is 10. The smallest absolute Gasteiger partial charge is 0.373 e. The molecule has 0 amide bonds. The maximum atomic E-state index is 8.98. The highest BCUT2D eigenvalue weighted by molar-refractivity contribution is 8.00. The van der Waals surface area contributed by atoms with E-state index in [1.165, 1.54) is 85.8 Å². The second kappa shape index (κ2) is 75.7. The molecule has 0 bridgehead atoms. The normalized spacial score (nSPS) is 10.1. The molecule has 116 heavy (non-hydrogen) atoms. The molecule has 31 heteroatoms. The van der Waals surface area contributed by atoms with E-state index in [4.69, 9.17) is 44.0 Å². The van der Waals surface area contributed by atoms with Crippen molar-refractivity contribution in [3.05, 3.63) is 268 Å². The molecule has 10 heterocycles. The number of nitrogens with zero attached hydrogens (tertiary/aromatic N) is 10. The lowest BCUT2D eigenvalue weighted by Crippen LogP contribution is -2.32. The first kappa shape index (κ1) is 110. The first-order valence-corrected chi connectivity index (χ1v) is 50.5. The monoisotopic (exact) mass is 1820 g/mol. The Kier molecular flexibility index (Phi) is 71.7. The Morgan fingerprint density at radius 3 is 0.828 bits per heavy atom. The number of pyridine rings is 10. The summed E-state index contributed by atoms with van der Waals surface area (Å²) in [6.07, 6.45) is 25.8. The number of hydrogen-bond acceptors (Lipinski definition) is 29. The van der Waals surface area contributed by atoms with Gasteiger partial charge in [-0.15, -0.1) is 73.0 Å². The fourth-order valence-corrected chi connectivity index (χ4v) is 16.9. The summed E-state index contributed by atoms with van der Waals surface area (Å²) in [6, 6.07) is 39.4. The third-order valence-electron chi connectivity index (χ3n) is 14.9. The van der Waals surface area contributed by atoms with Crippen LogP contribution in [0.15, 0.2) is 208 Å². The summed E-state index contributed by atoms with van der Waals surface area (Å²) in [5.74, 6) is 15.0. The molecule has 634 valence electrons. The number of aryl methyl sites for hydroxylation is 5. The summed E-state index contributed by atoms with van der Waals surface area (Å²) in [5, 5.41) is 29.2. The molecule has 17 nitrogen and oxygen atoms in total. The van der Waals surface area contributed by atoms with Gasteiger partial charge in [-0.2, -0.15) is 82.3 Å². The van der Waals surface area contributed by atoms with Crippen molar-refractivity contribution in [3.8, 4) is 0 Å². The highest BCUT2D eigenvalue weighted by Gasteiger charge is 2.07. The number of aliphatic hydroxyl groups excluding tert-OH is 2. The van der Waals surface area contributed by atoms with Crippen molar-refractivity contribution in [2.75, 3.05) is 79.0 Å². The van der Waals surface area contributed by atoms with E-state index in [-0.39, 0.29) is 13.2 Å². The summed E-state index contributed by atoms with van der Waals surface area (Å²) < 4.78 is 0. The molecule has 0 saturated carbocycles. The van der Waals surface area contributed by atoms with Gasteiger partial charge in [-0.3, -0.25) is 49.8 Å². The predicted molar refractivity (Wildman–Crippen MR) is 526 cm³/mol. The number of aliphatic hydroxyl groups is 2. The Morgan fingerprint density at radius 1 is 0.345 bits per heavy atom. The highest BCUT2D eigenvalue weighted by atomic mass is 35.5. The van der Waals surface area contributed by atoms with Gasteiger partial charge in [-0.25, -0.2) is 0 Å². The molecule has 10 rings (SSSR count). The van der Waals surface area contributed by atoms with E-state index in [0.29, 0.717) is 11.6 Å². The van der Waals surface area contributed by atoms with Crippen molar-refractivity contribution in [1.82, 2.24) is 55.1 Å². The minimum absolute atomic E-state index is 0.0344. The quantitative estimate of drug-likeness (QED) is 0.00581. The van der Waals surface area contributed by atoms with Gasteiger partial charge in [0, 0.05) is 169 Å². The Morgan fingerprint density at radius 2 is 0.586 bits per heavy atom. The number of alkyl halides is 1. The molecule has 0 aliphatic carbocycles. The third kappa shape index (κ3) is 54.9. The summed E-state index contributed by atoms with van der Waals surface area (Å²) in [4.78, 5) is 47.3. The number of nitrogens with one attached hydrogen (secondary N) is 1. The van der Waals surface area contributed by atoms with Crippen LogP contribution in [0.3, 0.4) is 0 Å². The number of halogens is 1. The van der Waals surface area contributed by atoms with E-state index in [0.717, 1.165) is 144 Å². The van der Waals surface area contributed by atoms with Crippen molar-refractivity contribution >= 4 is 162 Å². The molecule has 0 aliphatic heterocycles. The Labute approximate surface area is 755 Å². The minimum Gasteiger partial charge on any atom is -0.437 e. The minimum atomic E-state index is -0.415. The second-order valence-corrected chi connectivity index (χ2v) is 35.5. The number of nitrogens with two attached hydrogens (primary N) is 3. The summed E-state index contributed by atoms with van der Waals surface area (Å²) in [5.41, 5.74) is 32.7. The third-order valence-corrected chi connectivity index (χ3v) is 25.5. The van der Waals surface area contributed by atoms with Crippen LogP contribution in [0.1, 0.15) is 125 Å². The first-order chi connectivity index (χ1) is 56.4. The van der Waals surface area contributed by atoms with Gasteiger partial charge in [0.15, 0.2) is 0 Å². The van der Waals surface area contributed by atoms with Crippen molar-refractivity contribution in [3.63, 3.8) is 0 Å². The molecule has 0 unspecified atom stereocenters. The number of hydrogen-bond donors (Lipinski definition) is 10. The van der Waals surface area contributed by atoms with Crippen LogP contribution in [-0.4, -0.2) is 151 Å². The highest BCUT2D eigenvalue weighted by Crippen LogP contribution is 2.25. The van der Waals surface area contributed by atoms with E-state index >= 15 is 0 Å². The van der Waals surface area contributed by atoms with Crippen LogP contribution < -0.4 is 22.4 Å². The summed E-state index contributed by atoms with van der Waals surface area (Å²) >= 11 is 34.9. The van der Waals surface area contributed by atoms with Gasteiger partial charge in [0.1, 0.15) is 0 Å². The standard InChI is InChI=1S/C10H17BN2OS.C10H15NS2.C10H15NS.C9H14N2S2.C9H14N2S.C9H13NS2.C8H12N2S2.C7H8ClN.C7H9NO.C6H7NOS/c1-9-4-3-5-12-10(9)8-15-7-6-13-11(2)14;1-3-7-13-8-9-10(12-2)5-4-6-11-9;1-3-7-12-8-10-9(2)5-4-6-11-10;1-12-9-3-2-5-11-8(9)7-13-6-4-10;1-8-3-2-5-11-9(8)7-12-6-4-10;1-2-6-12-7-8-9(11)4-3-5-10-8;9-3-5-12-6-7-8(11)2-1-4-10-7;1-6-3-2-4-9-7(6)5-8;1-6-3-2-4-8-7(6)5-9;8-4-5-6(9)2-1-3-7-5/h3-5,13-14H,6-8H2,1-2H3;4-6H,3,7-8H2,1-2H3;4-6H,3,7-8H2,1-2H3;2-3,5H,4,6-7,10H2,1H3;2-3,5H,4,6-7,10H2,1H3;3-5,11H,2,6-7H2,1H3;1-2,4,11H,3,5-6,9H2;2-4H,5H2,1H3;2-4,9H,5H2,1H3;1-3,8-9H,4H2. The average Bonchev–Trinajstić information content (AvgIpc) is 0.897. The van der Waals surface area contributed by atoms with Gasteiger partial charge in [0.05, 0.1) is 76.0 Å².